The number of nitrogens with zero attached hydrogens (tertiary/aromatic N) is 3. The van der Waals surface area contributed by atoms with Crippen molar-refractivity contribution in [3.63, 3.8) is 0 Å². The molecule has 1 aliphatic carbocycles. The molecular weight excluding hydrogens is 288 g/mol. The van der Waals surface area contributed by atoms with Gasteiger partial charge in [0.25, 0.3) is 0 Å². The molecule has 0 spiro atoms. The van der Waals surface area contributed by atoms with E-state index in [9.17, 15) is 0 Å². The molecule has 1 fully saturated rings. The lowest BCUT2D eigenvalue weighted by molar-refractivity contribution is 0.0499. The lowest BCUT2D eigenvalue weighted by Crippen LogP contribution is -2.34. The number of hydrogen-bond donors (Lipinski definition) is 1. The molecule has 6 heteroatoms. The van der Waals surface area contributed by atoms with E-state index >= 15 is 0 Å². The monoisotopic (exact) mass is 312 g/mol. The summed E-state index contributed by atoms with van der Waals surface area (Å²) in [5.41, 5.74) is 0.294. The predicted octanol–water partition coefficient (Wildman–Crippen LogP) is 3.94. The maximum atomic E-state index is 5.98. The van der Waals surface area contributed by atoms with Gasteiger partial charge in [-0.25, -0.2) is 0 Å². The van der Waals surface area contributed by atoms with Crippen molar-refractivity contribution in [1.29, 1.82) is 0 Å². The van der Waals surface area contributed by atoms with Gasteiger partial charge in [0, 0.05) is 6.54 Å². The van der Waals surface area contributed by atoms with E-state index < -0.39 is 0 Å². The molecule has 0 amide bonds. The third kappa shape index (κ3) is 4.99. The molecule has 2 unspecified atom stereocenters. The van der Waals surface area contributed by atoms with Crippen molar-refractivity contribution in [1.82, 2.24) is 15.0 Å². The van der Waals surface area contributed by atoms with Crippen molar-refractivity contribution in [3.8, 4) is 6.01 Å². The molecule has 1 heterocycles. The molecule has 1 N–H and O–H groups in total. The summed E-state index contributed by atoms with van der Waals surface area (Å²) in [4.78, 5) is 12.4. The van der Waals surface area contributed by atoms with Gasteiger partial charge in [-0.3, -0.25) is 0 Å². The van der Waals surface area contributed by atoms with Crippen molar-refractivity contribution in [2.24, 2.45) is 11.3 Å². The molecule has 1 aromatic rings. The SMILES string of the molecule is CCCNc1nc(Cl)nc(OC2CC(C)CC(C)(C)C2)n1. The first kappa shape index (κ1) is 16.3. The minimum absolute atomic E-state index is 0.140. The highest BCUT2D eigenvalue weighted by molar-refractivity contribution is 6.28. The molecule has 21 heavy (non-hydrogen) atoms. The lowest BCUT2D eigenvalue weighted by Gasteiger charge is -2.38. The van der Waals surface area contributed by atoms with E-state index in [1.807, 2.05) is 0 Å². The average molecular weight is 313 g/mol. The molecule has 0 radical (unpaired) electrons. The van der Waals surface area contributed by atoms with Gasteiger partial charge in [0.1, 0.15) is 6.10 Å². The highest BCUT2D eigenvalue weighted by Crippen LogP contribution is 2.39. The summed E-state index contributed by atoms with van der Waals surface area (Å²) in [5, 5.41) is 3.28. The molecule has 5 nitrogen and oxygen atoms in total. The van der Waals surface area contributed by atoms with Crippen LogP contribution in [0.2, 0.25) is 5.28 Å². The van der Waals surface area contributed by atoms with Crippen LogP contribution in [0.4, 0.5) is 5.95 Å². The molecule has 2 atom stereocenters. The zero-order valence-electron chi connectivity index (χ0n) is 13.3. The zero-order valence-corrected chi connectivity index (χ0v) is 14.1. The number of nitrogens with one attached hydrogen (secondary N) is 1. The first-order chi connectivity index (χ1) is 9.88. The molecule has 0 bridgehead atoms. The van der Waals surface area contributed by atoms with Gasteiger partial charge in [-0.1, -0.05) is 27.7 Å². The van der Waals surface area contributed by atoms with Crippen LogP contribution in [0.25, 0.3) is 0 Å². The summed E-state index contributed by atoms with van der Waals surface area (Å²) in [7, 11) is 0. The summed E-state index contributed by atoms with van der Waals surface area (Å²) in [5.74, 6) is 1.13. The van der Waals surface area contributed by atoms with Crippen LogP contribution in [-0.4, -0.2) is 27.6 Å². The molecule has 1 saturated carbocycles. The Bertz CT molecular complexity index is 481. The number of anilines is 1. The van der Waals surface area contributed by atoms with Crippen LogP contribution in [0.15, 0.2) is 0 Å². The Hall–Kier alpha value is -1.10. The first-order valence-electron chi connectivity index (χ1n) is 7.70. The highest BCUT2D eigenvalue weighted by atomic mass is 35.5. The standard InChI is InChI=1S/C15H25ClN4O/c1-5-6-17-13-18-12(16)19-14(20-13)21-11-7-10(2)8-15(3,4)9-11/h10-11H,5-9H2,1-4H3,(H,17,18,19,20). The van der Waals surface area contributed by atoms with Gasteiger partial charge < -0.3 is 10.1 Å². The Labute approximate surface area is 131 Å². The quantitative estimate of drug-likeness (QED) is 0.892. The van der Waals surface area contributed by atoms with Gasteiger partial charge in [-0.15, -0.1) is 0 Å². The number of ether oxygens (including phenoxy) is 1. The molecular formula is C15H25ClN4O. The molecule has 1 aromatic heterocycles. The van der Waals surface area contributed by atoms with Crippen LogP contribution in [0.3, 0.4) is 0 Å². The Morgan fingerprint density at radius 1 is 1.29 bits per heavy atom. The molecule has 118 valence electrons. The topological polar surface area (TPSA) is 59.9 Å². The second kappa shape index (κ2) is 6.77. The Kier molecular flexibility index (Phi) is 5.25. The molecule has 0 aromatic carbocycles. The smallest absolute Gasteiger partial charge is 0.322 e. The van der Waals surface area contributed by atoms with E-state index in [1.54, 1.807) is 0 Å². The largest absolute Gasteiger partial charge is 0.460 e. The number of aromatic nitrogens is 3. The Morgan fingerprint density at radius 2 is 2.05 bits per heavy atom. The van der Waals surface area contributed by atoms with Crippen LogP contribution >= 0.6 is 11.6 Å². The van der Waals surface area contributed by atoms with E-state index in [4.69, 9.17) is 16.3 Å². The van der Waals surface area contributed by atoms with E-state index in [1.165, 1.54) is 6.42 Å². The van der Waals surface area contributed by atoms with Crippen molar-refractivity contribution in [3.05, 3.63) is 5.28 Å². The van der Waals surface area contributed by atoms with Crippen LogP contribution in [-0.2, 0) is 0 Å². The minimum Gasteiger partial charge on any atom is -0.460 e. The highest BCUT2D eigenvalue weighted by Gasteiger charge is 2.33. The maximum absolute atomic E-state index is 5.98. The second-order valence-electron chi connectivity index (χ2n) is 6.79. The van der Waals surface area contributed by atoms with Gasteiger partial charge in [0.05, 0.1) is 0 Å². The van der Waals surface area contributed by atoms with Crippen LogP contribution in [0.1, 0.15) is 53.4 Å². The summed E-state index contributed by atoms with van der Waals surface area (Å²) in [6.45, 7) is 9.72. The van der Waals surface area contributed by atoms with Gasteiger partial charge in [-0.05, 0) is 48.6 Å². The normalized spacial score (nSPS) is 24.6. The second-order valence-corrected chi connectivity index (χ2v) is 7.13. The number of halogens is 1. The Morgan fingerprint density at radius 3 is 2.71 bits per heavy atom. The van der Waals surface area contributed by atoms with E-state index in [2.05, 4.69) is 48.0 Å². The third-order valence-corrected chi connectivity index (χ3v) is 3.91. The number of hydrogen-bond acceptors (Lipinski definition) is 5. The molecule has 2 rings (SSSR count). The summed E-state index contributed by atoms with van der Waals surface area (Å²) in [6, 6.07) is 0.323. The molecule has 0 saturated heterocycles. The van der Waals surface area contributed by atoms with Crippen molar-refractivity contribution in [2.75, 3.05) is 11.9 Å². The van der Waals surface area contributed by atoms with Crippen molar-refractivity contribution >= 4 is 17.5 Å². The van der Waals surface area contributed by atoms with E-state index in [0.29, 0.717) is 23.3 Å². The number of rotatable bonds is 5. The predicted molar refractivity (Wildman–Crippen MR) is 84.8 cm³/mol. The molecule has 0 aliphatic heterocycles. The average Bonchev–Trinajstić information content (AvgIpc) is 2.33. The van der Waals surface area contributed by atoms with Crippen molar-refractivity contribution in [2.45, 2.75) is 59.5 Å². The summed E-state index contributed by atoms with van der Waals surface area (Å²) < 4.78 is 5.98. The summed E-state index contributed by atoms with van der Waals surface area (Å²) in [6.07, 6.45) is 4.41. The fraction of sp³-hybridized carbons (Fsp3) is 0.800. The maximum Gasteiger partial charge on any atom is 0.322 e. The van der Waals surface area contributed by atoms with Crippen LogP contribution in [0, 0.1) is 11.3 Å². The van der Waals surface area contributed by atoms with Gasteiger partial charge in [0.15, 0.2) is 0 Å². The van der Waals surface area contributed by atoms with Gasteiger partial charge in [0.2, 0.25) is 11.2 Å². The van der Waals surface area contributed by atoms with Gasteiger partial charge >= 0.3 is 6.01 Å². The van der Waals surface area contributed by atoms with Crippen molar-refractivity contribution < 1.29 is 4.74 Å². The minimum atomic E-state index is 0.140. The summed E-state index contributed by atoms with van der Waals surface area (Å²) >= 11 is 5.95. The third-order valence-electron chi connectivity index (χ3n) is 3.74. The first-order valence-corrected chi connectivity index (χ1v) is 8.08. The fourth-order valence-electron chi connectivity index (χ4n) is 3.20. The zero-order chi connectivity index (χ0) is 15.5. The molecule has 1 aliphatic rings. The fourth-order valence-corrected chi connectivity index (χ4v) is 3.35. The lowest BCUT2D eigenvalue weighted by atomic mass is 9.71. The van der Waals surface area contributed by atoms with E-state index in [-0.39, 0.29) is 11.4 Å². The van der Waals surface area contributed by atoms with Crippen LogP contribution < -0.4 is 10.1 Å². The van der Waals surface area contributed by atoms with E-state index in [0.717, 1.165) is 25.8 Å². The Balaban J connectivity index is 2.06. The van der Waals surface area contributed by atoms with Gasteiger partial charge in [-0.2, -0.15) is 15.0 Å². The van der Waals surface area contributed by atoms with Crippen LogP contribution in [0.5, 0.6) is 6.01 Å².